The minimum atomic E-state index is -4.08. The van der Waals surface area contributed by atoms with Crippen molar-refractivity contribution in [3.8, 4) is 0 Å². The van der Waals surface area contributed by atoms with Gasteiger partial charge in [0.05, 0.1) is 22.9 Å². The molecule has 0 aromatic rings. The highest BCUT2D eigenvalue weighted by molar-refractivity contribution is 5.08. The van der Waals surface area contributed by atoms with Crippen molar-refractivity contribution in [2.45, 2.75) is 324 Å². The molecule has 2 bridgehead atoms. The molecule has 7 fully saturated rings. The van der Waals surface area contributed by atoms with Gasteiger partial charge in [0.25, 0.3) is 0 Å². The summed E-state index contributed by atoms with van der Waals surface area (Å²) in [5, 5.41) is 8.76. The average molecular weight is 1200 g/mol. The van der Waals surface area contributed by atoms with Gasteiger partial charge in [-0.25, -0.2) is 0 Å². The fourth-order valence-electron chi connectivity index (χ4n) is 8.46. The van der Waals surface area contributed by atoms with Gasteiger partial charge in [0.2, 0.25) is 0 Å². The monoisotopic (exact) mass is 1200 g/mol. The van der Waals surface area contributed by atoms with Crippen LogP contribution in [-0.2, 0) is 4.74 Å². The van der Waals surface area contributed by atoms with Crippen LogP contribution in [0, 0.1) is 114 Å². The van der Waals surface area contributed by atoms with Crippen molar-refractivity contribution < 1.29 is 49.4 Å². The van der Waals surface area contributed by atoms with Crippen LogP contribution in [0.2, 0.25) is 0 Å². The lowest BCUT2D eigenvalue weighted by molar-refractivity contribution is -0.267. The Labute approximate surface area is 505 Å². The second-order valence-electron chi connectivity index (χ2n) is 33.4. The van der Waals surface area contributed by atoms with Gasteiger partial charge >= 0.3 is 18.5 Å². The number of hydrogen-bond donors (Lipinski definition) is 1. The summed E-state index contributed by atoms with van der Waals surface area (Å²) in [6, 6.07) is 0. The molecule has 0 unspecified atom stereocenters. The van der Waals surface area contributed by atoms with Crippen molar-refractivity contribution in [1.29, 1.82) is 0 Å². The molecular weight excluding hydrogens is 1060 g/mol. The van der Waals surface area contributed by atoms with Crippen molar-refractivity contribution in [2.24, 2.45) is 114 Å². The first-order valence-corrected chi connectivity index (χ1v) is 32.5. The van der Waals surface area contributed by atoms with Gasteiger partial charge < -0.3 is 9.84 Å². The summed E-state index contributed by atoms with van der Waals surface area (Å²) in [7, 11) is 1.75. The lowest BCUT2D eigenvalue weighted by Gasteiger charge is -2.64. The Kier molecular flexibility index (Phi) is 37.3. The minimum Gasteiger partial charge on any atom is -0.396 e. The van der Waals surface area contributed by atoms with E-state index in [4.69, 9.17) is 9.84 Å². The van der Waals surface area contributed by atoms with E-state index in [0.717, 1.165) is 64.8 Å². The highest BCUT2D eigenvalue weighted by Gasteiger charge is 2.64. The topological polar surface area (TPSA) is 29.5 Å². The van der Waals surface area contributed by atoms with E-state index in [-0.39, 0.29) is 29.8 Å². The predicted octanol–water partition coefficient (Wildman–Crippen LogP) is 25.6. The normalized spacial score (nSPS) is 21.5. The Hall–Kier alpha value is -0.710. The zero-order valence-corrected chi connectivity index (χ0v) is 60.2. The van der Waals surface area contributed by atoms with Crippen LogP contribution in [0.3, 0.4) is 0 Å². The molecule has 11 heteroatoms. The quantitative estimate of drug-likeness (QED) is 0.209. The molecule has 0 aromatic carbocycles. The number of hydrogen-bond acceptors (Lipinski definition) is 2. The van der Waals surface area contributed by atoms with Gasteiger partial charge in [-0.15, -0.1) is 0 Å². The minimum absolute atomic E-state index is 0.0972. The second kappa shape index (κ2) is 34.9. The lowest BCUT2D eigenvalue weighted by atomic mass is 9.41. The number of methoxy groups -OCH3 is 1. The Bertz CT molecular complexity index is 1550. The number of aliphatic hydroxyl groups excluding tert-OH is 1. The van der Waals surface area contributed by atoms with Crippen LogP contribution in [0.5, 0.6) is 0 Å². The summed E-state index contributed by atoms with van der Waals surface area (Å²) in [6.07, 6.45) is 2.00. The molecule has 7 aliphatic carbocycles. The van der Waals surface area contributed by atoms with Gasteiger partial charge in [0.15, 0.2) is 0 Å². The predicted molar refractivity (Wildman–Crippen MR) is 339 cm³/mol. The third-order valence-corrected chi connectivity index (χ3v) is 22.0. The van der Waals surface area contributed by atoms with Gasteiger partial charge in [-0.2, -0.15) is 39.5 Å². The van der Waals surface area contributed by atoms with E-state index in [1.165, 1.54) is 46.0 Å². The van der Waals surface area contributed by atoms with Crippen LogP contribution in [0.1, 0.15) is 305 Å². The van der Waals surface area contributed by atoms with Crippen LogP contribution in [0.25, 0.3) is 0 Å². The molecule has 0 saturated heterocycles. The molecule has 0 atom stereocenters. The van der Waals surface area contributed by atoms with Crippen LogP contribution >= 0.6 is 0 Å². The van der Waals surface area contributed by atoms with E-state index in [9.17, 15) is 39.5 Å². The summed E-state index contributed by atoms with van der Waals surface area (Å²) in [4.78, 5) is 0. The summed E-state index contributed by atoms with van der Waals surface area (Å²) < 4.78 is 115. The van der Waals surface area contributed by atoms with Gasteiger partial charge in [-0.05, 0) is 168 Å². The molecule has 2 nitrogen and oxygen atoms in total. The van der Waals surface area contributed by atoms with Gasteiger partial charge in [-0.3, -0.25) is 0 Å². The van der Waals surface area contributed by atoms with E-state index < -0.39 is 34.8 Å². The standard InChI is InChI=1S/C8H13F3.C8H18O.C8H14.C8H16.C7H11F3.C7H13F3.C7H16O.C7H14.C7H16.C4H10/c1-6(2)7(4-3-5-7)8(9,10)11;1-7(2)8(3,4)6-9-5;1-6(2)8-3-7(4-8)5-8;1-7(2)8(3)5-4-6-8;1-5(2)6(3-4-6)7(8,9)10;1-5(2)6(3,4)7(8,9)10;1-6(2)7(3,4)5-8;1-6(2)7(3)4-5-7;1-6(2)7(3,4)5;1-4(2)3/h6H,3-5H2,1-2H3;7H,6H2,1-5H3;6-7H,3-5H2,1-2H3;7H,4-6H2,1-3H3;5H,3-4H2,1-2H3;5H,1-4H3;6,8H,5H2,1-4H3;6H,4-5H2,1-3H3;6H,1-5H3;4H,1-3H3. The van der Waals surface area contributed by atoms with Gasteiger partial charge in [-0.1, -0.05) is 234 Å². The first-order valence-electron chi connectivity index (χ1n) is 32.5. The largest absolute Gasteiger partial charge is 0.396 e. The van der Waals surface area contributed by atoms with Gasteiger partial charge in [0, 0.05) is 13.7 Å². The Morgan fingerprint density at radius 3 is 0.720 bits per heavy atom. The molecule has 0 aliphatic heterocycles. The summed E-state index contributed by atoms with van der Waals surface area (Å²) in [6.45, 7) is 67.2. The third kappa shape index (κ3) is 29.5. The van der Waals surface area contributed by atoms with Crippen LogP contribution in [0.15, 0.2) is 0 Å². The number of rotatable bonds is 11. The molecule has 82 heavy (non-hydrogen) atoms. The number of aliphatic hydroxyl groups is 1. The molecule has 0 amide bonds. The zero-order valence-electron chi connectivity index (χ0n) is 60.2. The zero-order chi connectivity index (χ0) is 66.7. The molecule has 7 rings (SSSR count). The maximum absolute atomic E-state index is 12.4. The summed E-state index contributed by atoms with van der Waals surface area (Å²) in [5.41, 5.74) is -0.952. The van der Waals surface area contributed by atoms with Crippen LogP contribution in [-0.4, -0.2) is 44.0 Å². The highest BCUT2D eigenvalue weighted by Crippen LogP contribution is 2.68. The SMILES string of the molecule is CC(C)C.CC(C)C(C)(C)C.CC(C)C(C)(C)C(F)(F)F.CC(C)C(C)(C)CO.CC(C)C1(C(F)(F)F)CC1.CC(C)C1(C(F)(F)F)CCC1.CC(C)C1(C)CC1.CC(C)C1(C)CCC1.CC(C)C12CC(C1)C2.COCC(C)(C)C(C)C. The molecule has 0 radical (unpaired) electrons. The molecule has 7 aliphatic rings. The highest BCUT2D eigenvalue weighted by atomic mass is 19.4. The van der Waals surface area contributed by atoms with Crippen LogP contribution in [0.4, 0.5) is 39.5 Å². The average Bonchev–Trinajstić information content (AvgIpc) is 4.15. The fraction of sp³-hybridized carbons (Fsp3) is 1.00. The van der Waals surface area contributed by atoms with E-state index in [0.29, 0.717) is 48.3 Å². The van der Waals surface area contributed by atoms with E-state index in [1.807, 2.05) is 0 Å². The summed E-state index contributed by atoms with van der Waals surface area (Å²) in [5.74, 6) is 5.93. The Balaban J connectivity index is -0.000000415. The number of halogens is 9. The van der Waals surface area contributed by atoms with E-state index in [1.54, 1.807) is 67.9 Å². The maximum atomic E-state index is 12.4. The molecule has 0 aromatic heterocycles. The van der Waals surface area contributed by atoms with E-state index in [2.05, 4.69) is 166 Å². The van der Waals surface area contributed by atoms with Crippen molar-refractivity contribution in [1.82, 2.24) is 0 Å². The van der Waals surface area contributed by atoms with Crippen molar-refractivity contribution >= 4 is 0 Å². The smallest absolute Gasteiger partial charge is 0.394 e. The van der Waals surface area contributed by atoms with Crippen molar-refractivity contribution in [3.63, 3.8) is 0 Å². The van der Waals surface area contributed by atoms with Crippen LogP contribution < -0.4 is 0 Å². The second-order valence-corrected chi connectivity index (χ2v) is 33.4. The lowest BCUT2D eigenvalue weighted by Crippen LogP contribution is -2.54. The molecule has 1 N–H and O–H groups in total. The number of ether oxygens (including phenoxy) is 1. The molecule has 500 valence electrons. The van der Waals surface area contributed by atoms with Crippen molar-refractivity contribution in [3.05, 3.63) is 0 Å². The molecular formula is C71H141F9O2. The summed E-state index contributed by atoms with van der Waals surface area (Å²) >= 11 is 0. The molecule has 7 saturated carbocycles. The number of alkyl halides is 9. The Morgan fingerprint density at radius 1 is 0.415 bits per heavy atom. The van der Waals surface area contributed by atoms with E-state index >= 15 is 0 Å². The first kappa shape index (κ1) is 87.7. The Morgan fingerprint density at radius 2 is 0.707 bits per heavy atom. The third-order valence-electron chi connectivity index (χ3n) is 22.0. The molecule has 0 spiro atoms. The van der Waals surface area contributed by atoms with Gasteiger partial charge in [0.1, 0.15) is 0 Å². The fourth-order valence-corrected chi connectivity index (χ4v) is 8.46. The van der Waals surface area contributed by atoms with Crippen molar-refractivity contribution in [2.75, 3.05) is 20.3 Å². The molecule has 0 heterocycles. The maximum Gasteiger partial charge on any atom is 0.394 e. The first-order chi connectivity index (χ1) is 36.2.